The molecule has 2 nitrogen and oxygen atoms in total. The monoisotopic (exact) mass is 196 g/mol. The summed E-state index contributed by atoms with van der Waals surface area (Å²) in [4.78, 5) is 11.5. The highest BCUT2D eigenvalue weighted by Gasteiger charge is 2.38. The molecule has 1 atom stereocenters. The Bertz CT molecular complexity index is 288. The molecule has 2 rings (SSSR count). The number of ether oxygens (including phenoxy) is 1. The Morgan fingerprint density at radius 2 is 2.46 bits per heavy atom. The second-order valence-corrected chi connectivity index (χ2v) is 4.17. The fourth-order valence-corrected chi connectivity index (χ4v) is 2.31. The molecule has 3 heteroatoms. The van der Waals surface area contributed by atoms with Crippen molar-refractivity contribution in [3.05, 3.63) is 22.4 Å². The van der Waals surface area contributed by atoms with E-state index in [0.29, 0.717) is 5.92 Å². The Kier molecular flexibility index (Phi) is 2.36. The molecule has 70 valence electrons. The third-order valence-electron chi connectivity index (χ3n) is 2.45. The normalized spacial score (nSPS) is 18.2. The van der Waals surface area contributed by atoms with Gasteiger partial charge >= 0.3 is 5.97 Å². The summed E-state index contributed by atoms with van der Waals surface area (Å²) in [6.45, 7) is 0. The summed E-state index contributed by atoms with van der Waals surface area (Å²) >= 11 is 1.63. The van der Waals surface area contributed by atoms with Gasteiger partial charge in [0.15, 0.2) is 0 Å². The molecule has 0 amide bonds. The molecular weight excluding hydrogens is 184 g/mol. The van der Waals surface area contributed by atoms with Gasteiger partial charge in [0, 0.05) is 0 Å². The Hall–Kier alpha value is -0.830. The average Bonchev–Trinajstić information content (AvgIpc) is 2.81. The number of carbonyl (C=O) groups is 1. The maximum absolute atomic E-state index is 11.5. The van der Waals surface area contributed by atoms with Crippen molar-refractivity contribution in [2.75, 3.05) is 7.11 Å². The minimum absolute atomic E-state index is 0.00347. The number of rotatable bonds is 3. The van der Waals surface area contributed by atoms with Crippen LogP contribution >= 0.6 is 11.3 Å². The highest BCUT2D eigenvalue weighted by molar-refractivity contribution is 7.08. The van der Waals surface area contributed by atoms with Crippen molar-refractivity contribution in [3.63, 3.8) is 0 Å². The molecule has 1 fully saturated rings. The summed E-state index contributed by atoms with van der Waals surface area (Å²) in [5.41, 5.74) is 1.12. The number of hydrogen-bond acceptors (Lipinski definition) is 3. The highest BCUT2D eigenvalue weighted by atomic mass is 32.1. The standard InChI is InChI=1S/C10H12O2S/c1-12-10(11)9(7-2-3-7)8-4-5-13-6-8/h4-7,9H,2-3H2,1H3. The van der Waals surface area contributed by atoms with E-state index in [2.05, 4.69) is 0 Å². The van der Waals surface area contributed by atoms with Crippen LogP contribution in [0.5, 0.6) is 0 Å². The predicted octanol–water partition coefficient (Wildman–Crippen LogP) is 2.41. The molecule has 0 aromatic carbocycles. The van der Waals surface area contributed by atoms with Gasteiger partial charge in [-0.05, 0) is 41.1 Å². The summed E-state index contributed by atoms with van der Waals surface area (Å²) in [5, 5.41) is 4.05. The van der Waals surface area contributed by atoms with Gasteiger partial charge in [0.2, 0.25) is 0 Å². The number of hydrogen-bond donors (Lipinski definition) is 0. The van der Waals surface area contributed by atoms with E-state index >= 15 is 0 Å². The van der Waals surface area contributed by atoms with Crippen LogP contribution in [-0.4, -0.2) is 13.1 Å². The quantitative estimate of drug-likeness (QED) is 0.694. The van der Waals surface area contributed by atoms with E-state index in [-0.39, 0.29) is 11.9 Å². The van der Waals surface area contributed by atoms with Crippen molar-refractivity contribution in [3.8, 4) is 0 Å². The summed E-state index contributed by atoms with van der Waals surface area (Å²) in [7, 11) is 1.46. The number of thiophene rings is 1. The average molecular weight is 196 g/mol. The van der Waals surface area contributed by atoms with Gasteiger partial charge in [0.05, 0.1) is 13.0 Å². The Morgan fingerprint density at radius 1 is 1.69 bits per heavy atom. The molecule has 1 aliphatic carbocycles. The van der Waals surface area contributed by atoms with Crippen molar-refractivity contribution in [1.82, 2.24) is 0 Å². The first-order valence-corrected chi connectivity index (χ1v) is 5.37. The first-order chi connectivity index (χ1) is 6.33. The molecule has 13 heavy (non-hydrogen) atoms. The topological polar surface area (TPSA) is 26.3 Å². The van der Waals surface area contributed by atoms with Gasteiger partial charge in [-0.25, -0.2) is 0 Å². The lowest BCUT2D eigenvalue weighted by Gasteiger charge is -2.11. The van der Waals surface area contributed by atoms with Crippen LogP contribution < -0.4 is 0 Å². The Morgan fingerprint density at radius 3 is 2.92 bits per heavy atom. The van der Waals surface area contributed by atoms with Gasteiger partial charge < -0.3 is 4.74 Å². The molecule has 1 aromatic rings. The number of esters is 1. The van der Waals surface area contributed by atoms with Crippen molar-refractivity contribution >= 4 is 17.3 Å². The molecule has 0 saturated heterocycles. The SMILES string of the molecule is COC(=O)C(c1ccsc1)C1CC1. The van der Waals surface area contributed by atoms with E-state index in [0.717, 1.165) is 18.4 Å². The maximum atomic E-state index is 11.5. The zero-order valence-electron chi connectivity index (χ0n) is 7.53. The van der Waals surface area contributed by atoms with E-state index < -0.39 is 0 Å². The third kappa shape index (κ3) is 1.75. The van der Waals surface area contributed by atoms with Gasteiger partial charge in [0.25, 0.3) is 0 Å². The van der Waals surface area contributed by atoms with Gasteiger partial charge in [0.1, 0.15) is 0 Å². The minimum atomic E-state index is -0.0825. The second kappa shape index (κ2) is 3.50. The summed E-state index contributed by atoms with van der Waals surface area (Å²) in [6, 6.07) is 2.02. The van der Waals surface area contributed by atoms with E-state index in [1.165, 1.54) is 7.11 Å². The smallest absolute Gasteiger partial charge is 0.313 e. The van der Waals surface area contributed by atoms with Gasteiger partial charge in [-0.1, -0.05) is 0 Å². The third-order valence-corrected chi connectivity index (χ3v) is 3.15. The molecule has 1 aromatic heterocycles. The zero-order valence-corrected chi connectivity index (χ0v) is 8.34. The first-order valence-electron chi connectivity index (χ1n) is 4.43. The van der Waals surface area contributed by atoms with Crippen LogP contribution in [0, 0.1) is 5.92 Å². The minimum Gasteiger partial charge on any atom is -0.469 e. The molecule has 0 N–H and O–H groups in total. The molecule has 0 bridgehead atoms. The van der Waals surface area contributed by atoms with Crippen LogP contribution in [0.2, 0.25) is 0 Å². The van der Waals surface area contributed by atoms with E-state index in [4.69, 9.17) is 4.74 Å². The lowest BCUT2D eigenvalue weighted by atomic mass is 9.97. The molecule has 0 spiro atoms. The molecule has 1 unspecified atom stereocenters. The predicted molar refractivity (Wildman–Crippen MR) is 51.8 cm³/mol. The van der Waals surface area contributed by atoms with Crippen LogP contribution in [0.3, 0.4) is 0 Å². The fraction of sp³-hybridized carbons (Fsp3) is 0.500. The van der Waals surface area contributed by atoms with Gasteiger partial charge in [-0.2, -0.15) is 11.3 Å². The maximum Gasteiger partial charge on any atom is 0.313 e. The largest absolute Gasteiger partial charge is 0.469 e. The number of methoxy groups -OCH3 is 1. The summed E-state index contributed by atoms with van der Waals surface area (Å²) < 4.78 is 4.80. The lowest BCUT2D eigenvalue weighted by molar-refractivity contribution is -0.143. The Balaban J connectivity index is 2.18. The van der Waals surface area contributed by atoms with Crippen molar-refractivity contribution < 1.29 is 9.53 Å². The zero-order chi connectivity index (χ0) is 9.26. The summed E-state index contributed by atoms with van der Waals surface area (Å²) in [6.07, 6.45) is 2.32. The van der Waals surface area contributed by atoms with Crippen LogP contribution in [0.15, 0.2) is 16.8 Å². The van der Waals surface area contributed by atoms with Crippen LogP contribution in [0.25, 0.3) is 0 Å². The number of carbonyl (C=O) groups excluding carboxylic acids is 1. The highest BCUT2D eigenvalue weighted by Crippen LogP contribution is 2.43. The van der Waals surface area contributed by atoms with Crippen molar-refractivity contribution in [2.45, 2.75) is 18.8 Å². The molecular formula is C10H12O2S. The van der Waals surface area contributed by atoms with Gasteiger partial charge in [-0.3, -0.25) is 4.79 Å². The van der Waals surface area contributed by atoms with Crippen LogP contribution in [-0.2, 0) is 9.53 Å². The fourth-order valence-electron chi connectivity index (χ4n) is 1.61. The molecule has 0 aliphatic heterocycles. The Labute approximate surface area is 81.5 Å². The van der Waals surface area contributed by atoms with E-state index in [1.54, 1.807) is 11.3 Å². The molecule has 0 radical (unpaired) electrons. The summed E-state index contributed by atoms with van der Waals surface area (Å²) in [5.74, 6) is 0.444. The van der Waals surface area contributed by atoms with Gasteiger partial charge in [-0.15, -0.1) is 0 Å². The molecule has 1 heterocycles. The van der Waals surface area contributed by atoms with Crippen molar-refractivity contribution in [1.29, 1.82) is 0 Å². The lowest BCUT2D eigenvalue weighted by Crippen LogP contribution is -2.15. The molecule has 1 aliphatic rings. The van der Waals surface area contributed by atoms with E-state index in [1.807, 2.05) is 16.8 Å². The second-order valence-electron chi connectivity index (χ2n) is 3.39. The van der Waals surface area contributed by atoms with Crippen LogP contribution in [0.1, 0.15) is 24.3 Å². The van der Waals surface area contributed by atoms with Crippen molar-refractivity contribution in [2.24, 2.45) is 5.92 Å². The first kappa shape index (κ1) is 8.75. The molecule has 1 saturated carbocycles. The van der Waals surface area contributed by atoms with E-state index in [9.17, 15) is 4.79 Å². The van der Waals surface area contributed by atoms with Crippen LogP contribution in [0.4, 0.5) is 0 Å².